The van der Waals surface area contributed by atoms with Crippen molar-refractivity contribution in [2.45, 2.75) is 137 Å². The molecule has 0 radical (unpaired) electrons. The van der Waals surface area contributed by atoms with E-state index in [0.29, 0.717) is 77.4 Å². The van der Waals surface area contributed by atoms with Gasteiger partial charge in [-0.25, -0.2) is 0 Å². The molecule has 0 aromatic rings. The highest BCUT2D eigenvalue weighted by molar-refractivity contribution is 6.06. The summed E-state index contributed by atoms with van der Waals surface area (Å²) in [5.41, 5.74) is -2.47. The van der Waals surface area contributed by atoms with Crippen LogP contribution in [0.3, 0.4) is 0 Å². The van der Waals surface area contributed by atoms with Gasteiger partial charge in [0.05, 0.1) is 31.9 Å². The quantitative estimate of drug-likeness (QED) is 0.140. The van der Waals surface area contributed by atoms with Gasteiger partial charge in [-0.3, -0.25) is 43.6 Å². The van der Waals surface area contributed by atoms with Crippen LogP contribution in [0.2, 0.25) is 0 Å². The minimum atomic E-state index is -1.27. The molecule has 2 atom stereocenters. The van der Waals surface area contributed by atoms with E-state index in [9.17, 15) is 29.1 Å². The number of rotatable bonds is 15. The van der Waals surface area contributed by atoms with E-state index in [1.807, 2.05) is 103 Å². The lowest BCUT2D eigenvalue weighted by atomic mass is 9.97. The highest BCUT2D eigenvalue weighted by Crippen LogP contribution is 2.24. The zero-order valence-corrected chi connectivity index (χ0v) is 37.1. The molecule has 0 spiro atoms. The molecule has 57 heavy (non-hydrogen) atoms. The first kappa shape index (κ1) is 49.8. The second-order valence-electron chi connectivity index (χ2n) is 18.7. The third kappa shape index (κ3) is 19.8. The molecule has 2 unspecified atom stereocenters. The number of Topliss-reactive ketones (excluding diaryl/α,β-unsaturated/α-hetero) is 1. The summed E-state index contributed by atoms with van der Waals surface area (Å²) in [6, 6.07) is -0.710. The maximum absolute atomic E-state index is 14.0. The Labute approximate surface area is 340 Å². The second kappa shape index (κ2) is 21.6. The van der Waals surface area contributed by atoms with Crippen molar-refractivity contribution >= 4 is 29.7 Å². The summed E-state index contributed by atoms with van der Waals surface area (Å²) in [7, 11) is 0. The number of aliphatic hydroxyl groups is 1. The van der Waals surface area contributed by atoms with Crippen LogP contribution in [0.4, 0.5) is 0 Å². The van der Waals surface area contributed by atoms with Gasteiger partial charge in [0.2, 0.25) is 5.78 Å². The van der Waals surface area contributed by atoms with Crippen molar-refractivity contribution in [1.82, 2.24) is 24.9 Å². The maximum atomic E-state index is 14.0. The minimum Gasteiger partial charge on any atom is -0.488 e. The minimum absolute atomic E-state index is 0.00446. The van der Waals surface area contributed by atoms with Crippen molar-refractivity contribution in [2.75, 3.05) is 85.1 Å². The number of carbonyl (C=O) groups is 5. The molecule has 2 aliphatic rings. The summed E-state index contributed by atoms with van der Waals surface area (Å²) in [5.74, 6) is -1.92. The van der Waals surface area contributed by atoms with Crippen LogP contribution in [0.25, 0.3) is 0 Å². The Morgan fingerprint density at radius 1 is 0.649 bits per heavy atom. The van der Waals surface area contributed by atoms with Gasteiger partial charge in [-0.15, -0.1) is 0 Å². The number of ether oxygens (including phenoxy) is 5. The lowest BCUT2D eigenvalue weighted by Crippen LogP contribution is -2.53. The fraction of sp³-hybridized carbons (Fsp3) is 0.829. The van der Waals surface area contributed by atoms with Crippen LogP contribution in [0.5, 0.6) is 0 Å². The normalized spacial score (nSPS) is 19.8. The fourth-order valence-electron chi connectivity index (χ4n) is 6.25. The Hall–Kier alpha value is -3.31. The molecule has 16 heteroatoms. The maximum Gasteiger partial charge on any atom is 0.323 e. The van der Waals surface area contributed by atoms with E-state index < -0.39 is 58.2 Å². The standard InChI is InChI=1S/C41H73N5O11/c1-14-53-36-33(34(50)35(36)51)42-17-15-16-29(37(52)57-41(11,12)13)46-24-22-44(27-31(48)55-39(5,6)7)20-18-43(26-30(47)54-38(2,3)4)19-21-45(23-25-46)28-32(49)56-40(8,9)10/h29,34,42,50H,14-28H2,1-13H3. The SMILES string of the molecule is CCOC1=C(NCCCC(C(=O)OC(C)(C)C)N2CCN(CC(=O)OC(C)(C)C)CCN(CC(=O)OC(C)(C)C)CCN(CC(=O)OC(C)(C)C)CC2)C(O)C1=O. The van der Waals surface area contributed by atoms with Crippen molar-refractivity contribution in [3.05, 3.63) is 11.5 Å². The van der Waals surface area contributed by atoms with Crippen LogP contribution >= 0.6 is 0 Å². The van der Waals surface area contributed by atoms with Crippen LogP contribution < -0.4 is 5.32 Å². The Morgan fingerprint density at radius 2 is 1.02 bits per heavy atom. The van der Waals surface area contributed by atoms with Crippen LogP contribution in [-0.4, -0.2) is 174 Å². The summed E-state index contributed by atoms with van der Waals surface area (Å²) in [4.78, 5) is 73.4. The van der Waals surface area contributed by atoms with Crippen LogP contribution in [0, 0.1) is 0 Å². The first-order valence-corrected chi connectivity index (χ1v) is 20.3. The number of nitrogens with one attached hydrogen (secondary N) is 1. The average Bonchev–Trinajstić information content (AvgIpc) is 3.02. The van der Waals surface area contributed by atoms with E-state index in [4.69, 9.17) is 23.7 Å². The van der Waals surface area contributed by atoms with E-state index >= 15 is 0 Å². The molecule has 328 valence electrons. The number of aliphatic hydroxyl groups excluding tert-OH is 1. The predicted octanol–water partition coefficient (Wildman–Crippen LogP) is 2.50. The van der Waals surface area contributed by atoms with Gasteiger partial charge in [-0.1, -0.05) is 0 Å². The molecule has 2 rings (SSSR count). The topological polar surface area (TPSA) is 177 Å². The molecular formula is C41H73N5O11. The lowest BCUT2D eigenvalue weighted by Gasteiger charge is -2.37. The monoisotopic (exact) mass is 812 g/mol. The fourth-order valence-corrected chi connectivity index (χ4v) is 6.25. The van der Waals surface area contributed by atoms with E-state index in [-0.39, 0.29) is 38.0 Å². The van der Waals surface area contributed by atoms with Crippen molar-refractivity contribution in [3.63, 3.8) is 0 Å². The largest absolute Gasteiger partial charge is 0.488 e. The Balaban J connectivity index is 2.47. The molecule has 1 fully saturated rings. The van der Waals surface area contributed by atoms with Gasteiger partial charge in [0, 0.05) is 58.9 Å². The smallest absolute Gasteiger partial charge is 0.323 e. The van der Waals surface area contributed by atoms with Crippen molar-refractivity contribution in [3.8, 4) is 0 Å². The van der Waals surface area contributed by atoms with Crippen LogP contribution in [0.1, 0.15) is 103 Å². The van der Waals surface area contributed by atoms with Gasteiger partial charge >= 0.3 is 23.9 Å². The predicted molar refractivity (Wildman–Crippen MR) is 215 cm³/mol. The van der Waals surface area contributed by atoms with Crippen molar-refractivity contribution in [1.29, 1.82) is 0 Å². The number of hydrogen-bond donors (Lipinski definition) is 2. The summed E-state index contributed by atoms with van der Waals surface area (Å²) in [6.07, 6.45) is -0.423. The number of esters is 4. The molecule has 2 N–H and O–H groups in total. The molecule has 0 saturated carbocycles. The van der Waals surface area contributed by atoms with E-state index in [1.54, 1.807) is 6.92 Å². The first-order chi connectivity index (χ1) is 26.2. The Morgan fingerprint density at radius 3 is 1.37 bits per heavy atom. The molecule has 0 aromatic heterocycles. The number of hydrogen-bond acceptors (Lipinski definition) is 16. The second-order valence-corrected chi connectivity index (χ2v) is 18.7. The Kier molecular flexibility index (Phi) is 18.9. The number of carbonyl (C=O) groups excluding carboxylic acids is 5. The highest BCUT2D eigenvalue weighted by atomic mass is 16.6. The molecular weight excluding hydrogens is 738 g/mol. The van der Waals surface area contributed by atoms with Gasteiger partial charge in [0.1, 0.15) is 28.4 Å². The zero-order valence-electron chi connectivity index (χ0n) is 37.1. The van der Waals surface area contributed by atoms with Gasteiger partial charge in [-0.05, 0) is 103 Å². The van der Waals surface area contributed by atoms with Crippen molar-refractivity contribution in [2.24, 2.45) is 0 Å². The Bertz CT molecular complexity index is 1340. The molecule has 0 aromatic carbocycles. The molecule has 1 aliphatic heterocycles. The first-order valence-electron chi connectivity index (χ1n) is 20.3. The van der Waals surface area contributed by atoms with E-state index in [1.165, 1.54) is 0 Å². The van der Waals surface area contributed by atoms with E-state index in [2.05, 4.69) is 5.32 Å². The molecule has 16 nitrogen and oxygen atoms in total. The van der Waals surface area contributed by atoms with Gasteiger partial charge in [0.15, 0.2) is 11.9 Å². The molecule has 0 bridgehead atoms. The van der Waals surface area contributed by atoms with Crippen molar-refractivity contribution < 1.29 is 52.8 Å². The molecule has 1 aliphatic carbocycles. The molecule has 1 saturated heterocycles. The van der Waals surface area contributed by atoms with Crippen LogP contribution in [0.15, 0.2) is 11.5 Å². The summed E-state index contributed by atoms with van der Waals surface area (Å²) in [5, 5.41) is 13.3. The summed E-state index contributed by atoms with van der Waals surface area (Å²) < 4.78 is 28.4. The average molecular weight is 812 g/mol. The lowest BCUT2D eigenvalue weighted by molar-refractivity contribution is -0.163. The molecule has 0 amide bonds. The number of ketones is 1. The zero-order chi connectivity index (χ0) is 43.4. The third-order valence-corrected chi connectivity index (χ3v) is 8.56. The van der Waals surface area contributed by atoms with Gasteiger partial charge in [0.25, 0.3) is 0 Å². The van der Waals surface area contributed by atoms with Gasteiger partial charge in [-0.2, -0.15) is 0 Å². The molecule has 1 heterocycles. The highest BCUT2D eigenvalue weighted by Gasteiger charge is 2.40. The van der Waals surface area contributed by atoms with Gasteiger partial charge < -0.3 is 34.1 Å². The third-order valence-electron chi connectivity index (χ3n) is 8.56. The summed E-state index contributed by atoms with van der Waals surface area (Å²) in [6.45, 7) is 27.3. The van der Waals surface area contributed by atoms with E-state index in [0.717, 1.165) is 0 Å². The van der Waals surface area contributed by atoms with Crippen LogP contribution in [-0.2, 0) is 47.7 Å². The number of nitrogens with zero attached hydrogens (tertiary/aromatic N) is 4. The summed E-state index contributed by atoms with van der Waals surface area (Å²) >= 11 is 0.